The molecule has 0 aliphatic carbocycles. The van der Waals surface area contributed by atoms with Crippen molar-refractivity contribution in [3.05, 3.63) is 23.9 Å². The third-order valence-corrected chi connectivity index (χ3v) is 2.53. The van der Waals surface area contributed by atoms with E-state index >= 15 is 0 Å². The van der Waals surface area contributed by atoms with Gasteiger partial charge in [0, 0.05) is 18.1 Å². The minimum absolute atomic E-state index is 0. The van der Waals surface area contributed by atoms with Gasteiger partial charge in [-0.15, -0.1) is 5.46 Å². The van der Waals surface area contributed by atoms with Gasteiger partial charge in [0.15, 0.2) is 0 Å². The fourth-order valence-electron chi connectivity index (χ4n) is 1.55. The fraction of sp³-hybridized carbons (Fsp3) is 0.222. The molecule has 2 aromatic rings. The maximum Gasteiger partial charge on any atom is 1.00 e. The summed E-state index contributed by atoms with van der Waals surface area (Å²) in [6, 6.07) is 3.65. The van der Waals surface area contributed by atoms with Crippen LogP contribution >= 0.6 is 0 Å². The Morgan fingerprint density at radius 1 is 1.25 bits per heavy atom. The average Bonchev–Trinajstić information content (AvgIpc) is 2.41. The second-order valence-electron chi connectivity index (χ2n) is 3.56. The first-order chi connectivity index (χ1) is 6.89. The number of aromatic nitrogens is 2. The standard InChI is InChI=1S/C9H9BF3N2.K/c1-6-8-5-7(10(11,12)13)3-4-9(8)14-15(6)2;/h3-5H,1-2H3;/q-1;+1. The quantitative estimate of drug-likeness (QED) is 0.592. The van der Waals surface area contributed by atoms with E-state index in [-0.39, 0.29) is 51.4 Å². The molecule has 0 N–H and O–H groups in total. The molecule has 0 radical (unpaired) electrons. The van der Waals surface area contributed by atoms with E-state index in [1.54, 1.807) is 18.7 Å². The Bertz CT molecular complexity index is 521. The monoisotopic (exact) mass is 252 g/mol. The molecule has 0 saturated heterocycles. The van der Waals surface area contributed by atoms with Gasteiger partial charge >= 0.3 is 58.4 Å². The number of halogens is 3. The maximum atomic E-state index is 12.5. The summed E-state index contributed by atoms with van der Waals surface area (Å²) in [5, 5.41) is 4.66. The summed E-state index contributed by atoms with van der Waals surface area (Å²) in [4.78, 5) is 0. The van der Waals surface area contributed by atoms with Gasteiger partial charge in [-0.05, 0) is 13.0 Å². The molecule has 0 atom stereocenters. The average molecular weight is 252 g/mol. The molecule has 0 unspecified atom stereocenters. The molecule has 16 heavy (non-hydrogen) atoms. The predicted molar refractivity (Wildman–Crippen MR) is 54.2 cm³/mol. The van der Waals surface area contributed by atoms with Gasteiger partial charge in [-0.2, -0.15) is 5.10 Å². The number of fused-ring (bicyclic) bond motifs is 1. The Hall–Kier alpha value is 0.181. The predicted octanol–water partition coefficient (Wildman–Crippen LogP) is -1.06. The van der Waals surface area contributed by atoms with Crippen LogP contribution in [0.5, 0.6) is 0 Å². The normalized spacial score (nSPS) is 11.6. The second kappa shape index (κ2) is 4.81. The van der Waals surface area contributed by atoms with E-state index in [2.05, 4.69) is 5.10 Å². The zero-order chi connectivity index (χ0) is 11.2. The van der Waals surface area contributed by atoms with Crippen LogP contribution in [0.2, 0.25) is 0 Å². The van der Waals surface area contributed by atoms with Crippen LogP contribution in [-0.2, 0) is 7.05 Å². The minimum Gasteiger partial charge on any atom is -0.445 e. The molecule has 0 aliphatic heterocycles. The number of aryl methyl sites for hydroxylation is 2. The largest absolute Gasteiger partial charge is 1.00 e. The molecule has 0 amide bonds. The number of rotatable bonds is 1. The summed E-state index contributed by atoms with van der Waals surface area (Å²) in [6.45, 7) is -3.18. The Morgan fingerprint density at radius 2 is 1.88 bits per heavy atom. The topological polar surface area (TPSA) is 17.8 Å². The number of benzene rings is 1. The molecule has 80 valence electrons. The summed E-state index contributed by atoms with van der Waals surface area (Å²) in [7, 11) is 1.72. The van der Waals surface area contributed by atoms with Crippen molar-refractivity contribution >= 4 is 23.3 Å². The smallest absolute Gasteiger partial charge is 0.445 e. The van der Waals surface area contributed by atoms with Crippen molar-refractivity contribution in [3.63, 3.8) is 0 Å². The van der Waals surface area contributed by atoms with Crippen molar-refractivity contribution < 1.29 is 64.3 Å². The molecule has 0 bridgehead atoms. The van der Waals surface area contributed by atoms with Gasteiger partial charge in [0.2, 0.25) is 0 Å². The van der Waals surface area contributed by atoms with E-state index < -0.39 is 12.4 Å². The van der Waals surface area contributed by atoms with Gasteiger partial charge < -0.3 is 12.9 Å². The molecule has 2 rings (SSSR count). The van der Waals surface area contributed by atoms with Crippen molar-refractivity contribution in [3.8, 4) is 0 Å². The van der Waals surface area contributed by atoms with Crippen LogP contribution in [0.25, 0.3) is 10.9 Å². The van der Waals surface area contributed by atoms with Crippen LogP contribution in [0.15, 0.2) is 18.2 Å². The Labute approximate surface area is 134 Å². The molecule has 1 aromatic heterocycles. The van der Waals surface area contributed by atoms with Gasteiger partial charge in [-0.1, -0.05) is 12.1 Å². The zero-order valence-corrected chi connectivity index (χ0v) is 12.5. The van der Waals surface area contributed by atoms with E-state index in [0.717, 1.165) is 17.8 Å². The van der Waals surface area contributed by atoms with E-state index in [4.69, 9.17) is 0 Å². The van der Waals surface area contributed by atoms with Gasteiger partial charge in [0.25, 0.3) is 0 Å². The summed E-state index contributed by atoms with van der Waals surface area (Å²) in [5.74, 6) is 0. The SMILES string of the molecule is Cc1c2cc([B-](F)(F)F)ccc2nn1C.[K+]. The number of hydrogen-bond acceptors (Lipinski definition) is 1. The van der Waals surface area contributed by atoms with Crippen molar-refractivity contribution in [2.24, 2.45) is 7.05 Å². The van der Waals surface area contributed by atoms with Gasteiger partial charge in [-0.3, -0.25) is 4.68 Å². The van der Waals surface area contributed by atoms with Crippen LogP contribution in [0.4, 0.5) is 12.9 Å². The van der Waals surface area contributed by atoms with Crippen molar-refractivity contribution in [2.75, 3.05) is 0 Å². The molecule has 2 nitrogen and oxygen atoms in total. The fourth-order valence-corrected chi connectivity index (χ4v) is 1.55. The van der Waals surface area contributed by atoms with E-state index in [0.29, 0.717) is 10.9 Å². The van der Waals surface area contributed by atoms with Gasteiger partial charge in [-0.25, -0.2) is 0 Å². The van der Waals surface area contributed by atoms with E-state index in [1.807, 2.05) is 0 Å². The third kappa shape index (κ3) is 2.53. The van der Waals surface area contributed by atoms with Crippen molar-refractivity contribution in [1.82, 2.24) is 9.78 Å². The zero-order valence-electron chi connectivity index (χ0n) is 9.34. The maximum absolute atomic E-state index is 12.5. The van der Waals surface area contributed by atoms with Crippen LogP contribution in [-0.4, -0.2) is 16.8 Å². The molecule has 0 fully saturated rings. The molecule has 1 aromatic carbocycles. The van der Waals surface area contributed by atoms with Crippen molar-refractivity contribution in [2.45, 2.75) is 6.92 Å². The third-order valence-electron chi connectivity index (χ3n) is 2.53. The first kappa shape index (κ1) is 14.2. The van der Waals surface area contributed by atoms with Crippen LogP contribution in [0.1, 0.15) is 5.69 Å². The van der Waals surface area contributed by atoms with Crippen LogP contribution in [0, 0.1) is 6.92 Å². The first-order valence-corrected chi connectivity index (χ1v) is 4.53. The Morgan fingerprint density at radius 3 is 2.44 bits per heavy atom. The summed E-state index contributed by atoms with van der Waals surface area (Å²) in [5.41, 5.74) is 0.768. The minimum atomic E-state index is -4.93. The molecular formula is C9H9BF3KN2. The molecule has 1 heterocycles. The molecule has 0 saturated carbocycles. The molecule has 0 spiro atoms. The van der Waals surface area contributed by atoms with Crippen LogP contribution in [0.3, 0.4) is 0 Å². The molecule has 0 aliphatic rings. The molecular weight excluding hydrogens is 243 g/mol. The summed E-state index contributed by atoms with van der Waals surface area (Å²) >= 11 is 0. The van der Waals surface area contributed by atoms with Crippen molar-refractivity contribution in [1.29, 1.82) is 0 Å². The van der Waals surface area contributed by atoms with Gasteiger partial charge in [0.1, 0.15) is 0 Å². The summed E-state index contributed by atoms with van der Waals surface area (Å²) < 4.78 is 39.0. The Balaban J connectivity index is 0.00000128. The van der Waals surface area contributed by atoms with Crippen LogP contribution < -0.4 is 56.8 Å². The number of hydrogen-bond donors (Lipinski definition) is 0. The Kier molecular flexibility index (Phi) is 4.29. The number of nitrogens with zero attached hydrogens (tertiary/aromatic N) is 2. The molecule has 7 heteroatoms. The van der Waals surface area contributed by atoms with E-state index in [9.17, 15) is 12.9 Å². The first-order valence-electron chi connectivity index (χ1n) is 4.53. The van der Waals surface area contributed by atoms with E-state index in [1.165, 1.54) is 6.07 Å². The van der Waals surface area contributed by atoms with Gasteiger partial charge in [0.05, 0.1) is 5.52 Å². The summed E-state index contributed by atoms with van der Waals surface area (Å²) in [6.07, 6.45) is 0. The second-order valence-corrected chi connectivity index (χ2v) is 3.56.